The third kappa shape index (κ3) is 3.95. The van der Waals surface area contributed by atoms with Crippen LogP contribution in [0.3, 0.4) is 0 Å². The Kier molecular flexibility index (Phi) is 5.98. The minimum Gasteiger partial charge on any atom is -0.396 e. The normalized spacial score (nSPS) is 10.3. The summed E-state index contributed by atoms with van der Waals surface area (Å²) in [5.74, 6) is -3.67. The molecule has 0 radical (unpaired) electrons. The Hall–Kier alpha value is -2.09. The summed E-state index contributed by atoms with van der Waals surface area (Å²) in [7, 11) is 0. The van der Waals surface area contributed by atoms with Crippen molar-refractivity contribution in [1.29, 1.82) is 0 Å². The molecule has 110 valence electrons. The molecule has 0 aromatic heterocycles. The van der Waals surface area contributed by atoms with E-state index in [0.717, 1.165) is 0 Å². The number of hydrogen-bond donors (Lipinski definition) is 2. The Morgan fingerprint density at radius 1 is 1.30 bits per heavy atom. The van der Waals surface area contributed by atoms with Crippen molar-refractivity contribution in [3.63, 3.8) is 0 Å². The van der Waals surface area contributed by atoms with Gasteiger partial charge in [0.15, 0.2) is 0 Å². The predicted octanol–water partition coefficient (Wildman–Crippen LogP) is 1.77. The molecule has 6 nitrogen and oxygen atoms in total. The lowest BCUT2D eigenvalue weighted by molar-refractivity contribution is -0.387. The number of halogens is 2. The summed E-state index contributed by atoms with van der Waals surface area (Å²) in [5.41, 5.74) is -1.90. The van der Waals surface area contributed by atoms with Crippen molar-refractivity contribution in [3.05, 3.63) is 39.4 Å². The lowest BCUT2D eigenvalue weighted by atomic mass is 10.1. The summed E-state index contributed by atoms with van der Waals surface area (Å²) < 4.78 is 27.1. The molecule has 0 heterocycles. The average molecular weight is 288 g/mol. The van der Waals surface area contributed by atoms with Crippen LogP contribution in [0.5, 0.6) is 0 Å². The smallest absolute Gasteiger partial charge is 0.305 e. The summed E-state index contributed by atoms with van der Waals surface area (Å²) in [6, 6.07) is 1.35. The van der Waals surface area contributed by atoms with Crippen molar-refractivity contribution in [2.75, 3.05) is 13.2 Å². The first-order valence-electron chi connectivity index (χ1n) is 6.00. The highest BCUT2D eigenvalue weighted by atomic mass is 19.1. The van der Waals surface area contributed by atoms with Crippen LogP contribution in [-0.2, 0) is 0 Å². The average Bonchev–Trinajstić information content (AvgIpc) is 2.38. The van der Waals surface area contributed by atoms with Gasteiger partial charge in [0.1, 0.15) is 11.4 Å². The maximum Gasteiger partial charge on any atom is 0.305 e. The van der Waals surface area contributed by atoms with Crippen LogP contribution in [0.2, 0.25) is 0 Å². The van der Waals surface area contributed by atoms with E-state index < -0.39 is 33.7 Å². The van der Waals surface area contributed by atoms with E-state index in [1.807, 2.05) is 0 Å². The molecule has 0 spiro atoms. The second-order valence-corrected chi connectivity index (χ2v) is 4.05. The molecule has 0 bridgehead atoms. The van der Waals surface area contributed by atoms with Gasteiger partial charge in [0.25, 0.3) is 5.91 Å². The number of rotatable bonds is 7. The number of benzene rings is 1. The van der Waals surface area contributed by atoms with Gasteiger partial charge in [0.2, 0.25) is 5.82 Å². The number of unbranched alkanes of at least 4 members (excludes halogenated alkanes) is 2. The summed E-state index contributed by atoms with van der Waals surface area (Å²) in [6.07, 6.45) is 1.75. The first-order valence-corrected chi connectivity index (χ1v) is 6.00. The fourth-order valence-electron chi connectivity index (χ4n) is 1.59. The van der Waals surface area contributed by atoms with Gasteiger partial charge in [-0.1, -0.05) is 0 Å². The van der Waals surface area contributed by atoms with E-state index in [0.29, 0.717) is 31.4 Å². The lowest BCUT2D eigenvalue weighted by Gasteiger charge is -2.07. The Labute approximate surface area is 113 Å². The van der Waals surface area contributed by atoms with E-state index in [9.17, 15) is 23.7 Å². The molecule has 1 aromatic carbocycles. The molecule has 0 fully saturated rings. The van der Waals surface area contributed by atoms with Crippen molar-refractivity contribution in [2.45, 2.75) is 19.3 Å². The van der Waals surface area contributed by atoms with Crippen molar-refractivity contribution >= 4 is 11.6 Å². The number of nitrogens with one attached hydrogen (secondary N) is 1. The summed E-state index contributed by atoms with van der Waals surface area (Å²) in [6.45, 7) is 0.197. The topological polar surface area (TPSA) is 92.5 Å². The van der Waals surface area contributed by atoms with E-state index in [1.54, 1.807) is 0 Å². The van der Waals surface area contributed by atoms with Gasteiger partial charge in [-0.05, 0) is 25.3 Å². The number of amides is 1. The number of carbonyl (C=O) groups excluding carboxylic acids is 1. The molecule has 0 saturated carbocycles. The Bertz CT molecular complexity index is 508. The SMILES string of the molecule is O=C(NCCCCCO)c1c(F)ccc([N+](=O)[O-])c1F. The van der Waals surface area contributed by atoms with Crippen LogP contribution in [0, 0.1) is 21.7 Å². The highest BCUT2D eigenvalue weighted by molar-refractivity contribution is 5.95. The Morgan fingerprint density at radius 3 is 2.60 bits per heavy atom. The fourth-order valence-corrected chi connectivity index (χ4v) is 1.59. The van der Waals surface area contributed by atoms with Gasteiger partial charge >= 0.3 is 5.69 Å². The van der Waals surface area contributed by atoms with Gasteiger partial charge in [-0.3, -0.25) is 14.9 Å². The number of hydrogen-bond acceptors (Lipinski definition) is 4. The maximum absolute atomic E-state index is 13.7. The second kappa shape index (κ2) is 7.49. The quantitative estimate of drug-likeness (QED) is 0.454. The molecule has 0 aliphatic heterocycles. The van der Waals surface area contributed by atoms with Gasteiger partial charge in [0.05, 0.1) is 4.92 Å². The van der Waals surface area contributed by atoms with E-state index in [4.69, 9.17) is 5.11 Å². The number of aliphatic hydroxyl groups is 1. The second-order valence-electron chi connectivity index (χ2n) is 4.05. The van der Waals surface area contributed by atoms with Crippen molar-refractivity contribution in [1.82, 2.24) is 5.32 Å². The number of nitro groups is 1. The third-order valence-electron chi connectivity index (χ3n) is 2.61. The summed E-state index contributed by atoms with van der Waals surface area (Å²) in [4.78, 5) is 21.1. The van der Waals surface area contributed by atoms with Crippen LogP contribution >= 0.6 is 0 Å². The van der Waals surface area contributed by atoms with Crippen molar-refractivity contribution in [2.24, 2.45) is 0 Å². The summed E-state index contributed by atoms with van der Waals surface area (Å²) >= 11 is 0. The molecule has 0 aliphatic rings. The van der Waals surface area contributed by atoms with Crippen LogP contribution in [0.1, 0.15) is 29.6 Å². The lowest BCUT2D eigenvalue weighted by Crippen LogP contribution is -2.26. The maximum atomic E-state index is 13.7. The first-order chi connectivity index (χ1) is 9.49. The van der Waals surface area contributed by atoms with Crippen molar-refractivity contribution in [3.8, 4) is 0 Å². The molecular weight excluding hydrogens is 274 g/mol. The molecule has 0 atom stereocenters. The molecule has 0 saturated heterocycles. The number of nitro benzene ring substituents is 1. The van der Waals surface area contributed by atoms with Gasteiger partial charge < -0.3 is 10.4 Å². The zero-order valence-corrected chi connectivity index (χ0v) is 10.6. The molecule has 0 unspecified atom stereocenters. The fraction of sp³-hybridized carbons (Fsp3) is 0.417. The molecule has 20 heavy (non-hydrogen) atoms. The molecular formula is C12H14F2N2O4. The summed E-state index contributed by atoms with van der Waals surface area (Å²) in [5, 5.41) is 21.4. The largest absolute Gasteiger partial charge is 0.396 e. The van der Waals surface area contributed by atoms with E-state index >= 15 is 0 Å². The van der Waals surface area contributed by atoms with Gasteiger partial charge in [-0.15, -0.1) is 0 Å². The molecule has 2 N–H and O–H groups in total. The van der Waals surface area contributed by atoms with Crippen molar-refractivity contribution < 1.29 is 23.6 Å². The molecule has 1 rings (SSSR count). The van der Waals surface area contributed by atoms with E-state index in [-0.39, 0.29) is 13.2 Å². The minimum absolute atomic E-state index is 0.0298. The Balaban J connectivity index is 2.77. The number of nitrogens with zero attached hydrogens (tertiary/aromatic N) is 1. The van der Waals surface area contributed by atoms with Gasteiger partial charge in [0, 0.05) is 19.2 Å². The zero-order valence-electron chi connectivity index (χ0n) is 10.6. The van der Waals surface area contributed by atoms with Gasteiger partial charge in [-0.25, -0.2) is 4.39 Å². The first kappa shape index (κ1) is 16.0. The molecule has 8 heteroatoms. The van der Waals surface area contributed by atoms with Crippen LogP contribution in [0.4, 0.5) is 14.5 Å². The highest BCUT2D eigenvalue weighted by Gasteiger charge is 2.25. The van der Waals surface area contributed by atoms with Crippen LogP contribution in [0.15, 0.2) is 12.1 Å². The van der Waals surface area contributed by atoms with Gasteiger partial charge in [-0.2, -0.15) is 4.39 Å². The number of aliphatic hydroxyl groups excluding tert-OH is 1. The van der Waals surface area contributed by atoms with Crippen LogP contribution in [0.25, 0.3) is 0 Å². The monoisotopic (exact) mass is 288 g/mol. The predicted molar refractivity (Wildman–Crippen MR) is 66.3 cm³/mol. The number of carbonyl (C=O) groups is 1. The van der Waals surface area contributed by atoms with E-state index in [2.05, 4.69) is 5.32 Å². The van der Waals surface area contributed by atoms with Crippen LogP contribution in [-0.4, -0.2) is 29.1 Å². The highest BCUT2D eigenvalue weighted by Crippen LogP contribution is 2.22. The molecule has 1 amide bonds. The minimum atomic E-state index is -1.48. The Morgan fingerprint density at radius 2 is 2.00 bits per heavy atom. The van der Waals surface area contributed by atoms with Crippen LogP contribution < -0.4 is 5.32 Å². The molecule has 1 aromatic rings. The zero-order chi connectivity index (χ0) is 15.1. The molecule has 0 aliphatic carbocycles. The third-order valence-corrected chi connectivity index (χ3v) is 2.61. The van der Waals surface area contributed by atoms with E-state index in [1.165, 1.54) is 0 Å². The standard InChI is InChI=1S/C12H14F2N2O4/c13-8-4-5-9(16(19)20)11(14)10(8)12(18)15-6-2-1-3-7-17/h4-5,17H,1-3,6-7H2,(H,15,18).